The van der Waals surface area contributed by atoms with Crippen molar-refractivity contribution in [1.29, 1.82) is 0 Å². The molecule has 3 N–H and O–H groups in total. The first kappa shape index (κ1) is 24.0. The molecule has 0 fully saturated rings. The average Bonchev–Trinajstić information content (AvgIpc) is 2.58. The summed E-state index contributed by atoms with van der Waals surface area (Å²) in [5, 5.41) is 16.5. The number of hydrogen-bond donors (Lipinski definition) is 3. The Morgan fingerprint density at radius 2 is 1.67 bits per heavy atom. The Balaban J connectivity index is 1.96. The van der Waals surface area contributed by atoms with Crippen molar-refractivity contribution >= 4 is 5.91 Å². The second-order valence-corrected chi connectivity index (χ2v) is 9.04. The third kappa shape index (κ3) is 8.59. The molecular formula is C24H32F2N2O2. The zero-order chi connectivity index (χ0) is 22.3. The summed E-state index contributed by atoms with van der Waals surface area (Å²) in [5.74, 6) is -1.69. The number of rotatable bonds is 9. The molecule has 4 nitrogen and oxygen atoms in total. The quantitative estimate of drug-likeness (QED) is 0.581. The predicted molar refractivity (Wildman–Crippen MR) is 115 cm³/mol. The van der Waals surface area contributed by atoms with E-state index in [0.717, 1.165) is 18.1 Å². The van der Waals surface area contributed by atoms with Crippen molar-refractivity contribution in [3.05, 3.63) is 70.8 Å². The van der Waals surface area contributed by atoms with E-state index in [1.807, 2.05) is 12.1 Å². The number of aliphatic hydroxyl groups is 1. The third-order valence-corrected chi connectivity index (χ3v) is 4.64. The van der Waals surface area contributed by atoms with Crippen LogP contribution in [0.3, 0.4) is 0 Å². The molecule has 6 heteroatoms. The van der Waals surface area contributed by atoms with Crippen LogP contribution in [0.15, 0.2) is 42.5 Å². The molecule has 0 spiro atoms. The van der Waals surface area contributed by atoms with Crippen LogP contribution in [0.25, 0.3) is 0 Å². The summed E-state index contributed by atoms with van der Waals surface area (Å²) < 4.78 is 26.9. The van der Waals surface area contributed by atoms with Crippen molar-refractivity contribution in [3.63, 3.8) is 0 Å². The van der Waals surface area contributed by atoms with Crippen molar-refractivity contribution in [1.82, 2.24) is 10.6 Å². The molecule has 0 aliphatic heterocycles. The molecule has 30 heavy (non-hydrogen) atoms. The summed E-state index contributed by atoms with van der Waals surface area (Å²) in [6.45, 7) is 8.73. The van der Waals surface area contributed by atoms with Gasteiger partial charge in [-0.15, -0.1) is 0 Å². The van der Waals surface area contributed by atoms with Gasteiger partial charge in [-0.3, -0.25) is 4.79 Å². The molecule has 0 radical (unpaired) electrons. The molecule has 164 valence electrons. The number of benzene rings is 2. The van der Waals surface area contributed by atoms with Gasteiger partial charge in [0.2, 0.25) is 5.91 Å². The maximum Gasteiger partial charge on any atom is 0.217 e. The van der Waals surface area contributed by atoms with Gasteiger partial charge in [0.05, 0.1) is 12.1 Å². The van der Waals surface area contributed by atoms with Crippen molar-refractivity contribution in [3.8, 4) is 0 Å². The van der Waals surface area contributed by atoms with Gasteiger partial charge in [0, 0.05) is 26.1 Å². The minimum Gasteiger partial charge on any atom is -0.390 e. The highest BCUT2D eigenvalue weighted by Crippen LogP contribution is 2.21. The van der Waals surface area contributed by atoms with Gasteiger partial charge < -0.3 is 15.7 Å². The first-order chi connectivity index (χ1) is 14.0. The Morgan fingerprint density at radius 1 is 1.03 bits per heavy atom. The van der Waals surface area contributed by atoms with Crippen molar-refractivity contribution in [2.24, 2.45) is 5.41 Å². The fourth-order valence-electron chi connectivity index (χ4n) is 3.50. The van der Waals surface area contributed by atoms with Crippen LogP contribution < -0.4 is 10.6 Å². The number of nitrogens with one attached hydrogen (secondary N) is 2. The molecule has 0 heterocycles. The Morgan fingerprint density at radius 3 is 2.27 bits per heavy atom. The van der Waals surface area contributed by atoms with E-state index in [4.69, 9.17) is 0 Å². The largest absolute Gasteiger partial charge is 0.390 e. The van der Waals surface area contributed by atoms with Gasteiger partial charge in [-0.2, -0.15) is 0 Å². The van der Waals surface area contributed by atoms with Gasteiger partial charge in [-0.05, 0) is 47.1 Å². The van der Waals surface area contributed by atoms with Crippen LogP contribution in [0.2, 0.25) is 0 Å². The molecule has 2 aromatic rings. The van der Waals surface area contributed by atoms with Gasteiger partial charge in [-0.1, -0.05) is 45.0 Å². The van der Waals surface area contributed by atoms with Crippen molar-refractivity contribution < 1.29 is 18.7 Å². The van der Waals surface area contributed by atoms with E-state index in [9.17, 15) is 18.7 Å². The molecule has 2 rings (SSSR count). The Kier molecular flexibility index (Phi) is 8.50. The Bertz CT molecular complexity index is 829. The second kappa shape index (κ2) is 10.6. The van der Waals surface area contributed by atoms with E-state index in [-0.39, 0.29) is 24.3 Å². The average molecular weight is 419 g/mol. The highest BCUT2D eigenvalue weighted by atomic mass is 19.1. The summed E-state index contributed by atoms with van der Waals surface area (Å²) >= 11 is 0. The van der Waals surface area contributed by atoms with E-state index in [1.165, 1.54) is 24.6 Å². The van der Waals surface area contributed by atoms with Gasteiger partial charge in [-0.25, -0.2) is 8.78 Å². The Hall–Kier alpha value is -2.31. The SMILES string of the molecule is CC(=O)NC(Cc1cc(F)cc(F)c1)C(O)CNCc1cccc(CC(C)(C)C)c1. The third-order valence-electron chi connectivity index (χ3n) is 4.64. The van der Waals surface area contributed by atoms with E-state index in [2.05, 4.69) is 43.5 Å². The number of aliphatic hydroxyl groups excluding tert-OH is 1. The van der Waals surface area contributed by atoms with Crippen LogP contribution in [-0.2, 0) is 24.2 Å². The maximum absolute atomic E-state index is 13.5. The summed E-state index contributed by atoms with van der Waals surface area (Å²) in [5.41, 5.74) is 2.93. The molecule has 0 aromatic heterocycles. The number of carbonyl (C=O) groups is 1. The molecule has 2 atom stereocenters. The molecule has 0 saturated heterocycles. The van der Waals surface area contributed by atoms with Gasteiger partial charge >= 0.3 is 0 Å². The zero-order valence-electron chi connectivity index (χ0n) is 18.1. The van der Waals surface area contributed by atoms with E-state index < -0.39 is 23.8 Å². The zero-order valence-corrected chi connectivity index (χ0v) is 18.1. The van der Waals surface area contributed by atoms with Gasteiger partial charge in [0.1, 0.15) is 11.6 Å². The second-order valence-electron chi connectivity index (χ2n) is 9.04. The van der Waals surface area contributed by atoms with Crippen molar-refractivity contribution in [2.45, 2.75) is 59.2 Å². The van der Waals surface area contributed by atoms with Crippen LogP contribution in [0, 0.1) is 17.0 Å². The molecule has 2 unspecified atom stereocenters. The molecule has 2 aromatic carbocycles. The van der Waals surface area contributed by atoms with Crippen LogP contribution >= 0.6 is 0 Å². The van der Waals surface area contributed by atoms with Gasteiger partial charge in [0.15, 0.2) is 0 Å². The van der Waals surface area contributed by atoms with Crippen molar-refractivity contribution in [2.75, 3.05) is 6.54 Å². The minimum atomic E-state index is -0.919. The summed E-state index contributed by atoms with van der Waals surface area (Å²) in [6, 6.07) is 10.8. The highest BCUT2D eigenvalue weighted by Gasteiger charge is 2.21. The lowest BCUT2D eigenvalue weighted by molar-refractivity contribution is -0.120. The van der Waals surface area contributed by atoms with E-state index >= 15 is 0 Å². The number of amides is 1. The monoisotopic (exact) mass is 418 g/mol. The fourth-order valence-corrected chi connectivity index (χ4v) is 3.50. The number of hydrogen-bond acceptors (Lipinski definition) is 3. The lowest BCUT2D eigenvalue weighted by atomic mass is 9.88. The van der Waals surface area contributed by atoms with Crippen LogP contribution in [0.4, 0.5) is 8.78 Å². The summed E-state index contributed by atoms with van der Waals surface area (Å²) in [6.07, 6.45) is 0.175. The minimum absolute atomic E-state index is 0.123. The van der Waals surface area contributed by atoms with Gasteiger partial charge in [0.25, 0.3) is 0 Å². The highest BCUT2D eigenvalue weighted by molar-refractivity contribution is 5.73. The van der Waals surface area contributed by atoms with Crippen LogP contribution in [0.5, 0.6) is 0 Å². The topological polar surface area (TPSA) is 61.4 Å². The number of carbonyl (C=O) groups excluding carboxylic acids is 1. The summed E-state index contributed by atoms with van der Waals surface area (Å²) in [4.78, 5) is 11.5. The molecular weight excluding hydrogens is 386 g/mol. The molecule has 0 bridgehead atoms. The molecule has 0 aliphatic carbocycles. The lowest BCUT2D eigenvalue weighted by Crippen LogP contribution is -2.48. The Labute approximate surface area is 177 Å². The first-order valence-corrected chi connectivity index (χ1v) is 10.2. The number of halogens is 2. The standard InChI is InChI=1S/C24H32F2N2O2/c1-16(29)28-22(11-19-9-20(25)12-21(26)10-19)23(30)15-27-14-18-7-5-6-17(8-18)13-24(2,3)4/h5-10,12,22-23,27,30H,11,13-15H2,1-4H3,(H,28,29). The van der Waals surface area contributed by atoms with Crippen LogP contribution in [0.1, 0.15) is 44.4 Å². The lowest BCUT2D eigenvalue weighted by Gasteiger charge is -2.24. The molecule has 1 amide bonds. The first-order valence-electron chi connectivity index (χ1n) is 10.2. The predicted octanol–water partition coefficient (Wildman–Crippen LogP) is 3.75. The van der Waals surface area contributed by atoms with Crippen LogP contribution in [-0.4, -0.2) is 29.7 Å². The summed E-state index contributed by atoms with van der Waals surface area (Å²) in [7, 11) is 0. The smallest absolute Gasteiger partial charge is 0.217 e. The fraction of sp³-hybridized carbons (Fsp3) is 0.458. The normalized spacial score (nSPS) is 13.7. The van der Waals surface area contributed by atoms with E-state index in [0.29, 0.717) is 12.1 Å². The molecule has 0 saturated carbocycles. The molecule has 0 aliphatic rings. The van der Waals surface area contributed by atoms with E-state index in [1.54, 1.807) is 0 Å². The maximum atomic E-state index is 13.5.